The molecule has 0 aliphatic carbocycles. The number of pyridine rings is 1. The summed E-state index contributed by atoms with van der Waals surface area (Å²) in [4.78, 5) is 4.02. The molecule has 1 aromatic heterocycles. The molecule has 0 radical (unpaired) electrons. The van der Waals surface area contributed by atoms with Crippen molar-refractivity contribution in [3.05, 3.63) is 29.6 Å². The molecule has 9 heteroatoms. The summed E-state index contributed by atoms with van der Waals surface area (Å²) in [7, 11) is -3.17. The maximum Gasteiger partial charge on any atom is 0.208 e. The summed E-state index contributed by atoms with van der Waals surface area (Å²) in [5, 5.41) is 14.6. The van der Waals surface area contributed by atoms with Gasteiger partial charge in [0, 0.05) is 25.8 Å². The molecule has 19 heavy (non-hydrogen) atoms. The Hall–Kier alpha value is -1.71. The van der Waals surface area contributed by atoms with Gasteiger partial charge in [0.15, 0.2) is 5.84 Å². The highest BCUT2D eigenvalue weighted by Gasteiger charge is 2.07. The maximum absolute atomic E-state index is 10.8. The van der Waals surface area contributed by atoms with Crippen LogP contribution in [-0.4, -0.2) is 43.8 Å². The highest BCUT2D eigenvalue weighted by Crippen LogP contribution is 2.04. The summed E-state index contributed by atoms with van der Waals surface area (Å²) in [6, 6.07) is 3.53. The van der Waals surface area contributed by atoms with E-state index in [-0.39, 0.29) is 12.4 Å². The van der Waals surface area contributed by atoms with Crippen LogP contribution in [0.2, 0.25) is 0 Å². The Morgan fingerprint density at radius 1 is 1.53 bits per heavy atom. The first-order chi connectivity index (χ1) is 8.94. The van der Waals surface area contributed by atoms with E-state index in [1.54, 1.807) is 18.3 Å². The van der Waals surface area contributed by atoms with E-state index < -0.39 is 10.0 Å². The van der Waals surface area contributed by atoms with Gasteiger partial charge in [-0.3, -0.25) is 4.98 Å². The Kier molecular flexibility index (Phi) is 5.67. The van der Waals surface area contributed by atoms with E-state index >= 15 is 0 Å². The van der Waals surface area contributed by atoms with Gasteiger partial charge in [-0.25, -0.2) is 13.1 Å². The smallest absolute Gasteiger partial charge is 0.208 e. The van der Waals surface area contributed by atoms with Gasteiger partial charge in [-0.1, -0.05) is 11.2 Å². The Balaban J connectivity index is 2.50. The molecule has 8 nitrogen and oxygen atoms in total. The molecule has 1 aromatic rings. The van der Waals surface area contributed by atoms with Crippen molar-refractivity contribution in [1.29, 1.82) is 0 Å². The number of hydrogen-bond acceptors (Lipinski definition) is 6. The molecule has 0 aliphatic heterocycles. The van der Waals surface area contributed by atoms with Crippen LogP contribution >= 0.6 is 0 Å². The summed E-state index contributed by atoms with van der Waals surface area (Å²) in [6.45, 7) is 1.18. The predicted octanol–water partition coefficient (Wildman–Crippen LogP) is -1.19. The molecular formula is C10H17N5O3S. The monoisotopic (exact) mass is 287 g/mol. The third-order valence-electron chi connectivity index (χ3n) is 2.22. The summed E-state index contributed by atoms with van der Waals surface area (Å²) in [5.41, 5.74) is 6.66. The summed E-state index contributed by atoms with van der Waals surface area (Å²) in [5.74, 6) is -0.0633. The molecular weight excluding hydrogens is 270 g/mol. The fourth-order valence-electron chi connectivity index (χ4n) is 1.41. The zero-order chi connectivity index (χ0) is 14.3. The van der Waals surface area contributed by atoms with Crippen molar-refractivity contribution < 1.29 is 13.6 Å². The standard InChI is InChI=1S/C10H17N5O3S/c1-19(17,18)14-6-5-12-7-8-3-2-4-13-9(8)10(11)15-16/h2-4,12,14,16H,5-7H2,1H3,(H2,11,15). The minimum absolute atomic E-state index is 0.0633. The quantitative estimate of drug-likeness (QED) is 0.164. The number of sulfonamides is 1. The van der Waals surface area contributed by atoms with Crippen LogP contribution in [0.25, 0.3) is 0 Å². The molecule has 5 N–H and O–H groups in total. The molecule has 0 spiro atoms. The molecule has 0 fully saturated rings. The zero-order valence-electron chi connectivity index (χ0n) is 10.5. The van der Waals surface area contributed by atoms with Gasteiger partial charge in [-0.2, -0.15) is 0 Å². The Labute approximate surface area is 111 Å². The predicted molar refractivity (Wildman–Crippen MR) is 71.3 cm³/mol. The van der Waals surface area contributed by atoms with Gasteiger partial charge in [0.1, 0.15) is 5.69 Å². The van der Waals surface area contributed by atoms with Gasteiger partial charge in [0.25, 0.3) is 0 Å². The molecule has 0 aliphatic rings. The lowest BCUT2D eigenvalue weighted by Gasteiger charge is -2.08. The van der Waals surface area contributed by atoms with Crippen molar-refractivity contribution in [2.45, 2.75) is 6.54 Å². The summed E-state index contributed by atoms with van der Waals surface area (Å²) in [6.07, 6.45) is 2.65. The van der Waals surface area contributed by atoms with E-state index in [4.69, 9.17) is 10.9 Å². The molecule has 0 bridgehead atoms. The number of nitrogens with one attached hydrogen (secondary N) is 2. The number of hydrogen-bond donors (Lipinski definition) is 4. The van der Waals surface area contributed by atoms with Crippen molar-refractivity contribution in [3.8, 4) is 0 Å². The third kappa shape index (κ3) is 5.64. The van der Waals surface area contributed by atoms with E-state index in [0.717, 1.165) is 11.8 Å². The minimum atomic E-state index is -3.17. The largest absolute Gasteiger partial charge is 0.409 e. The van der Waals surface area contributed by atoms with E-state index in [9.17, 15) is 8.42 Å². The highest BCUT2D eigenvalue weighted by atomic mass is 32.2. The van der Waals surface area contributed by atoms with Gasteiger partial charge in [0.05, 0.1) is 6.26 Å². The first kappa shape index (κ1) is 15.3. The second kappa shape index (κ2) is 7.02. The van der Waals surface area contributed by atoms with Crippen molar-refractivity contribution in [1.82, 2.24) is 15.0 Å². The molecule has 0 aromatic carbocycles. The van der Waals surface area contributed by atoms with Gasteiger partial charge < -0.3 is 16.3 Å². The molecule has 1 rings (SSSR count). The van der Waals surface area contributed by atoms with E-state index in [2.05, 4.69) is 20.2 Å². The second-order valence-corrected chi connectivity index (χ2v) is 5.67. The molecule has 106 valence electrons. The van der Waals surface area contributed by atoms with E-state index in [0.29, 0.717) is 18.8 Å². The minimum Gasteiger partial charge on any atom is -0.409 e. The lowest BCUT2D eigenvalue weighted by atomic mass is 10.2. The van der Waals surface area contributed by atoms with Crippen molar-refractivity contribution in [2.24, 2.45) is 10.9 Å². The first-order valence-electron chi connectivity index (χ1n) is 5.51. The maximum atomic E-state index is 10.8. The zero-order valence-corrected chi connectivity index (χ0v) is 11.3. The summed E-state index contributed by atoms with van der Waals surface area (Å²) >= 11 is 0. The molecule has 0 unspecified atom stereocenters. The van der Waals surface area contributed by atoms with Crippen LogP contribution in [-0.2, 0) is 16.6 Å². The fraction of sp³-hybridized carbons (Fsp3) is 0.400. The fourth-order valence-corrected chi connectivity index (χ4v) is 1.88. The van der Waals surface area contributed by atoms with Crippen molar-refractivity contribution in [3.63, 3.8) is 0 Å². The number of rotatable bonds is 7. The Bertz CT molecular complexity index is 544. The molecule has 0 atom stereocenters. The highest BCUT2D eigenvalue weighted by molar-refractivity contribution is 7.88. The third-order valence-corrected chi connectivity index (χ3v) is 2.95. The Morgan fingerprint density at radius 3 is 2.89 bits per heavy atom. The number of nitrogens with zero attached hydrogens (tertiary/aromatic N) is 2. The van der Waals surface area contributed by atoms with Crippen LogP contribution in [0.5, 0.6) is 0 Å². The lowest BCUT2D eigenvalue weighted by Crippen LogP contribution is -2.31. The van der Waals surface area contributed by atoms with Gasteiger partial charge in [0.2, 0.25) is 10.0 Å². The molecule has 0 amide bonds. The number of aromatic nitrogens is 1. The Morgan fingerprint density at radius 2 is 2.26 bits per heavy atom. The van der Waals surface area contributed by atoms with Crippen molar-refractivity contribution >= 4 is 15.9 Å². The van der Waals surface area contributed by atoms with Gasteiger partial charge >= 0.3 is 0 Å². The average molecular weight is 287 g/mol. The van der Waals surface area contributed by atoms with Crippen LogP contribution in [0.3, 0.4) is 0 Å². The van der Waals surface area contributed by atoms with Crippen molar-refractivity contribution in [2.75, 3.05) is 19.3 Å². The van der Waals surface area contributed by atoms with Gasteiger partial charge in [-0.05, 0) is 11.6 Å². The number of amidine groups is 1. The topological polar surface area (TPSA) is 130 Å². The second-order valence-electron chi connectivity index (χ2n) is 3.84. The van der Waals surface area contributed by atoms with Crippen LogP contribution < -0.4 is 15.8 Å². The van der Waals surface area contributed by atoms with Crippen LogP contribution in [0, 0.1) is 0 Å². The lowest BCUT2D eigenvalue weighted by molar-refractivity contribution is 0.318. The van der Waals surface area contributed by atoms with E-state index in [1.807, 2.05) is 0 Å². The normalized spacial score (nSPS) is 12.6. The van der Waals surface area contributed by atoms with E-state index in [1.165, 1.54) is 0 Å². The van der Waals surface area contributed by atoms with Gasteiger partial charge in [-0.15, -0.1) is 0 Å². The van der Waals surface area contributed by atoms with Crippen LogP contribution in [0.1, 0.15) is 11.3 Å². The number of nitrogens with two attached hydrogens (primary N) is 1. The molecule has 0 saturated heterocycles. The molecule has 0 saturated carbocycles. The molecule has 1 heterocycles. The van der Waals surface area contributed by atoms with Crippen LogP contribution in [0.15, 0.2) is 23.5 Å². The first-order valence-corrected chi connectivity index (χ1v) is 7.40. The van der Waals surface area contributed by atoms with Crippen LogP contribution in [0.4, 0.5) is 0 Å². The SMILES string of the molecule is CS(=O)(=O)NCCNCc1cccnc1C(N)=NO. The number of oxime groups is 1. The average Bonchev–Trinajstić information content (AvgIpc) is 2.36. The summed E-state index contributed by atoms with van der Waals surface area (Å²) < 4.78 is 24.0.